The van der Waals surface area contributed by atoms with Crippen LogP contribution in [-0.2, 0) is 4.74 Å². The van der Waals surface area contributed by atoms with Crippen molar-refractivity contribution in [3.05, 3.63) is 52.3 Å². The molecule has 0 radical (unpaired) electrons. The lowest BCUT2D eigenvalue weighted by atomic mass is 10.1. The monoisotopic (exact) mass is 347 g/mol. The van der Waals surface area contributed by atoms with Gasteiger partial charge in [0, 0.05) is 20.3 Å². The van der Waals surface area contributed by atoms with Crippen LogP contribution in [0, 0.1) is 13.8 Å². The van der Waals surface area contributed by atoms with Crippen molar-refractivity contribution in [2.45, 2.75) is 20.3 Å². The van der Waals surface area contributed by atoms with Crippen molar-refractivity contribution in [2.75, 3.05) is 30.9 Å². The quantitative estimate of drug-likeness (QED) is 0.741. The van der Waals surface area contributed by atoms with Gasteiger partial charge in [-0.25, -0.2) is 4.98 Å². The Balaban J connectivity index is 2.00. The minimum Gasteiger partial charge on any atom is -0.385 e. The molecular formula is C18H22ClN3O2. The number of carbonyl (C=O) groups is 1. The van der Waals surface area contributed by atoms with Crippen LogP contribution in [0.2, 0.25) is 5.02 Å². The third-order valence-corrected chi connectivity index (χ3v) is 3.82. The number of benzene rings is 1. The van der Waals surface area contributed by atoms with Crippen LogP contribution in [0.15, 0.2) is 30.5 Å². The second-order valence-corrected chi connectivity index (χ2v) is 6.01. The maximum Gasteiger partial charge on any atom is 0.274 e. The highest BCUT2D eigenvalue weighted by Crippen LogP contribution is 2.27. The van der Waals surface area contributed by atoms with E-state index in [0.717, 1.165) is 29.8 Å². The molecule has 1 amide bonds. The molecule has 0 spiro atoms. The Bertz CT molecular complexity index is 679. The Morgan fingerprint density at radius 1 is 1.29 bits per heavy atom. The highest BCUT2D eigenvalue weighted by molar-refractivity contribution is 6.34. The van der Waals surface area contributed by atoms with Crippen molar-refractivity contribution in [3.8, 4) is 0 Å². The number of hydrogen-bond acceptors (Lipinski definition) is 4. The standard InChI is InChI=1S/C18H22ClN3O2/c1-12-9-13(2)17(15(19)10-12)22-18(23)16-6-5-14(11-21-16)20-7-4-8-24-3/h5-6,9-11,20H,4,7-8H2,1-3H3,(H,22,23). The fourth-order valence-corrected chi connectivity index (χ4v) is 2.70. The first-order chi connectivity index (χ1) is 11.5. The number of pyridine rings is 1. The largest absolute Gasteiger partial charge is 0.385 e. The number of rotatable bonds is 7. The summed E-state index contributed by atoms with van der Waals surface area (Å²) in [6.07, 6.45) is 2.55. The van der Waals surface area contributed by atoms with Gasteiger partial charge in [-0.1, -0.05) is 17.7 Å². The highest BCUT2D eigenvalue weighted by atomic mass is 35.5. The van der Waals surface area contributed by atoms with E-state index in [1.807, 2.05) is 32.0 Å². The highest BCUT2D eigenvalue weighted by Gasteiger charge is 2.12. The number of aryl methyl sites for hydroxylation is 2. The average Bonchev–Trinajstić information content (AvgIpc) is 2.55. The average molecular weight is 348 g/mol. The van der Waals surface area contributed by atoms with Gasteiger partial charge in [0.1, 0.15) is 5.69 Å². The summed E-state index contributed by atoms with van der Waals surface area (Å²) < 4.78 is 4.99. The van der Waals surface area contributed by atoms with E-state index in [0.29, 0.717) is 23.0 Å². The van der Waals surface area contributed by atoms with Crippen LogP contribution in [0.25, 0.3) is 0 Å². The van der Waals surface area contributed by atoms with Gasteiger partial charge in [0.2, 0.25) is 0 Å². The maximum absolute atomic E-state index is 12.3. The van der Waals surface area contributed by atoms with Crippen molar-refractivity contribution in [1.29, 1.82) is 0 Å². The Hall–Kier alpha value is -2.11. The van der Waals surface area contributed by atoms with E-state index >= 15 is 0 Å². The Kier molecular flexibility index (Phi) is 6.58. The van der Waals surface area contributed by atoms with Gasteiger partial charge in [-0.3, -0.25) is 4.79 Å². The van der Waals surface area contributed by atoms with Crippen LogP contribution in [0.3, 0.4) is 0 Å². The summed E-state index contributed by atoms with van der Waals surface area (Å²) in [5.41, 5.74) is 3.80. The number of nitrogens with one attached hydrogen (secondary N) is 2. The molecular weight excluding hydrogens is 326 g/mol. The molecule has 1 heterocycles. The van der Waals surface area contributed by atoms with Crippen molar-refractivity contribution < 1.29 is 9.53 Å². The summed E-state index contributed by atoms with van der Waals surface area (Å²) in [6.45, 7) is 5.37. The molecule has 0 fully saturated rings. The number of carbonyl (C=O) groups excluding carboxylic acids is 1. The van der Waals surface area contributed by atoms with E-state index < -0.39 is 0 Å². The van der Waals surface area contributed by atoms with Crippen LogP contribution < -0.4 is 10.6 Å². The van der Waals surface area contributed by atoms with E-state index in [1.165, 1.54) is 0 Å². The molecule has 2 N–H and O–H groups in total. The number of nitrogens with zero attached hydrogens (tertiary/aromatic N) is 1. The summed E-state index contributed by atoms with van der Waals surface area (Å²) in [5.74, 6) is -0.283. The topological polar surface area (TPSA) is 63.2 Å². The molecule has 24 heavy (non-hydrogen) atoms. The molecule has 0 unspecified atom stereocenters. The zero-order valence-electron chi connectivity index (χ0n) is 14.1. The summed E-state index contributed by atoms with van der Waals surface area (Å²) in [4.78, 5) is 16.5. The van der Waals surface area contributed by atoms with E-state index in [2.05, 4.69) is 15.6 Å². The van der Waals surface area contributed by atoms with Gasteiger partial charge in [0.15, 0.2) is 0 Å². The summed E-state index contributed by atoms with van der Waals surface area (Å²) in [5, 5.41) is 6.58. The predicted octanol–water partition coefficient (Wildman–Crippen LogP) is 4.05. The number of anilines is 2. The van der Waals surface area contributed by atoms with Crippen molar-refractivity contribution in [2.24, 2.45) is 0 Å². The predicted molar refractivity (Wildman–Crippen MR) is 98.1 cm³/mol. The third kappa shape index (κ3) is 4.94. The van der Waals surface area contributed by atoms with E-state index in [4.69, 9.17) is 16.3 Å². The molecule has 1 aromatic carbocycles. The Labute approximate surface area is 147 Å². The molecule has 1 aromatic heterocycles. The van der Waals surface area contributed by atoms with Gasteiger partial charge >= 0.3 is 0 Å². The number of aromatic nitrogens is 1. The minimum absolute atomic E-state index is 0.283. The summed E-state index contributed by atoms with van der Waals surface area (Å²) in [6, 6.07) is 7.32. The fourth-order valence-electron chi connectivity index (χ4n) is 2.33. The van der Waals surface area contributed by atoms with Gasteiger partial charge < -0.3 is 15.4 Å². The van der Waals surface area contributed by atoms with Crippen molar-refractivity contribution in [3.63, 3.8) is 0 Å². The first-order valence-electron chi connectivity index (χ1n) is 7.78. The molecule has 2 rings (SSSR count). The molecule has 0 aliphatic rings. The molecule has 6 heteroatoms. The first kappa shape index (κ1) is 18.2. The number of ether oxygens (including phenoxy) is 1. The van der Waals surface area contributed by atoms with Crippen LogP contribution in [0.4, 0.5) is 11.4 Å². The van der Waals surface area contributed by atoms with E-state index in [-0.39, 0.29) is 5.91 Å². The molecule has 0 saturated heterocycles. The summed E-state index contributed by atoms with van der Waals surface area (Å²) >= 11 is 6.22. The van der Waals surface area contributed by atoms with E-state index in [9.17, 15) is 4.79 Å². The molecule has 128 valence electrons. The minimum atomic E-state index is -0.283. The Morgan fingerprint density at radius 2 is 2.08 bits per heavy atom. The number of amides is 1. The van der Waals surface area contributed by atoms with E-state index in [1.54, 1.807) is 19.4 Å². The van der Waals surface area contributed by atoms with Gasteiger partial charge in [0.05, 0.1) is 22.6 Å². The van der Waals surface area contributed by atoms with Crippen molar-refractivity contribution >= 4 is 28.9 Å². The lowest BCUT2D eigenvalue weighted by Crippen LogP contribution is -2.15. The second-order valence-electron chi connectivity index (χ2n) is 5.60. The summed E-state index contributed by atoms with van der Waals surface area (Å²) in [7, 11) is 1.68. The molecule has 0 aliphatic heterocycles. The van der Waals surface area contributed by atoms with Crippen LogP contribution >= 0.6 is 11.6 Å². The van der Waals surface area contributed by atoms with Gasteiger partial charge in [0.25, 0.3) is 5.91 Å². The normalized spacial score (nSPS) is 10.5. The lowest BCUT2D eigenvalue weighted by Gasteiger charge is -2.11. The fraction of sp³-hybridized carbons (Fsp3) is 0.333. The number of hydrogen-bond donors (Lipinski definition) is 2. The van der Waals surface area contributed by atoms with Gasteiger partial charge in [-0.15, -0.1) is 0 Å². The number of methoxy groups -OCH3 is 1. The first-order valence-corrected chi connectivity index (χ1v) is 8.16. The SMILES string of the molecule is COCCCNc1ccc(C(=O)Nc2c(C)cc(C)cc2Cl)nc1. The molecule has 5 nitrogen and oxygen atoms in total. The van der Waals surface area contributed by atoms with Gasteiger partial charge in [-0.05, 0) is 49.6 Å². The molecule has 0 bridgehead atoms. The van der Waals surface area contributed by atoms with Crippen LogP contribution in [-0.4, -0.2) is 31.2 Å². The maximum atomic E-state index is 12.3. The van der Waals surface area contributed by atoms with Crippen LogP contribution in [0.1, 0.15) is 28.0 Å². The lowest BCUT2D eigenvalue weighted by molar-refractivity contribution is 0.102. The molecule has 0 atom stereocenters. The molecule has 2 aromatic rings. The smallest absolute Gasteiger partial charge is 0.274 e. The molecule has 0 saturated carbocycles. The zero-order chi connectivity index (χ0) is 17.5. The van der Waals surface area contributed by atoms with Gasteiger partial charge in [-0.2, -0.15) is 0 Å². The Morgan fingerprint density at radius 3 is 2.71 bits per heavy atom. The van der Waals surface area contributed by atoms with Crippen LogP contribution in [0.5, 0.6) is 0 Å². The molecule has 0 aliphatic carbocycles. The third-order valence-electron chi connectivity index (χ3n) is 3.52. The van der Waals surface area contributed by atoms with Crippen molar-refractivity contribution in [1.82, 2.24) is 4.98 Å². The zero-order valence-corrected chi connectivity index (χ0v) is 14.9. The number of halogens is 1. The second kappa shape index (κ2) is 8.66.